The maximum absolute atomic E-state index is 11.0. The van der Waals surface area contributed by atoms with E-state index in [2.05, 4.69) is 10.6 Å². The number of nitrogens with one attached hydrogen (secondary N) is 2. The third-order valence-corrected chi connectivity index (χ3v) is 1.95. The third-order valence-electron chi connectivity index (χ3n) is 1.95. The summed E-state index contributed by atoms with van der Waals surface area (Å²) in [7, 11) is 0. The van der Waals surface area contributed by atoms with Gasteiger partial charge in [-0.2, -0.15) is 0 Å². The number of carbonyl (C=O) groups is 1. The van der Waals surface area contributed by atoms with Crippen molar-refractivity contribution in [1.82, 2.24) is 10.6 Å². The molecule has 0 aliphatic carbocycles. The second-order valence-corrected chi connectivity index (χ2v) is 3.45. The first-order valence-corrected chi connectivity index (χ1v) is 4.33. The smallest absolute Gasteiger partial charge is 0.250 e. The molecule has 1 aliphatic heterocycles. The SMILES string of the molecule is CC(C)NC1CCNC(=O)C1O. The molecule has 0 aromatic heterocycles. The average molecular weight is 172 g/mol. The van der Waals surface area contributed by atoms with Gasteiger partial charge in [-0.05, 0) is 6.42 Å². The highest BCUT2D eigenvalue weighted by atomic mass is 16.3. The molecule has 0 bridgehead atoms. The summed E-state index contributed by atoms with van der Waals surface area (Å²) in [5.41, 5.74) is 0. The Labute approximate surface area is 72.3 Å². The van der Waals surface area contributed by atoms with E-state index in [9.17, 15) is 9.90 Å². The lowest BCUT2D eigenvalue weighted by molar-refractivity contribution is -0.133. The van der Waals surface area contributed by atoms with Gasteiger partial charge in [0, 0.05) is 18.6 Å². The minimum absolute atomic E-state index is 0.0845. The van der Waals surface area contributed by atoms with Gasteiger partial charge in [-0.25, -0.2) is 0 Å². The van der Waals surface area contributed by atoms with Crippen molar-refractivity contribution in [2.75, 3.05) is 6.54 Å². The average Bonchev–Trinajstić information content (AvgIpc) is 1.98. The fraction of sp³-hybridized carbons (Fsp3) is 0.875. The number of hydrogen-bond donors (Lipinski definition) is 3. The first kappa shape index (κ1) is 9.48. The summed E-state index contributed by atoms with van der Waals surface area (Å²) in [5, 5.41) is 15.2. The summed E-state index contributed by atoms with van der Waals surface area (Å²) in [6, 6.07) is 0.217. The molecule has 1 heterocycles. The molecule has 12 heavy (non-hydrogen) atoms. The van der Waals surface area contributed by atoms with E-state index in [0.29, 0.717) is 12.6 Å². The van der Waals surface area contributed by atoms with Crippen molar-refractivity contribution in [3.63, 3.8) is 0 Å². The zero-order valence-corrected chi connectivity index (χ0v) is 7.50. The minimum Gasteiger partial charge on any atom is -0.382 e. The summed E-state index contributed by atoms with van der Waals surface area (Å²) in [6.45, 7) is 4.65. The van der Waals surface area contributed by atoms with Crippen LogP contribution in [-0.4, -0.2) is 35.7 Å². The van der Waals surface area contributed by atoms with Crippen molar-refractivity contribution in [3.05, 3.63) is 0 Å². The molecule has 0 aromatic carbocycles. The fourth-order valence-corrected chi connectivity index (χ4v) is 1.40. The topological polar surface area (TPSA) is 61.4 Å². The van der Waals surface area contributed by atoms with Crippen molar-refractivity contribution < 1.29 is 9.90 Å². The van der Waals surface area contributed by atoms with Crippen LogP contribution in [0.25, 0.3) is 0 Å². The van der Waals surface area contributed by atoms with Crippen LogP contribution in [0.2, 0.25) is 0 Å². The molecule has 0 saturated carbocycles. The van der Waals surface area contributed by atoms with E-state index in [1.807, 2.05) is 13.8 Å². The van der Waals surface area contributed by atoms with Gasteiger partial charge in [-0.3, -0.25) is 4.79 Å². The Hall–Kier alpha value is -0.610. The lowest BCUT2D eigenvalue weighted by Crippen LogP contribution is -2.56. The molecule has 1 amide bonds. The van der Waals surface area contributed by atoms with Crippen molar-refractivity contribution in [3.8, 4) is 0 Å². The van der Waals surface area contributed by atoms with Gasteiger partial charge in [0.2, 0.25) is 5.91 Å². The van der Waals surface area contributed by atoms with Gasteiger partial charge in [0.1, 0.15) is 6.10 Å². The van der Waals surface area contributed by atoms with Crippen molar-refractivity contribution in [2.24, 2.45) is 0 Å². The summed E-state index contributed by atoms with van der Waals surface area (Å²) >= 11 is 0. The molecule has 2 atom stereocenters. The van der Waals surface area contributed by atoms with Crippen LogP contribution in [0.15, 0.2) is 0 Å². The predicted octanol–water partition coefficient (Wildman–Crippen LogP) is -0.766. The van der Waals surface area contributed by atoms with Crippen LogP contribution in [0.4, 0.5) is 0 Å². The standard InChI is InChI=1S/C8H16N2O2/c1-5(2)10-6-3-4-9-8(12)7(6)11/h5-7,10-11H,3-4H2,1-2H3,(H,9,12). The minimum atomic E-state index is -0.888. The van der Waals surface area contributed by atoms with Gasteiger partial charge < -0.3 is 15.7 Å². The maximum atomic E-state index is 11.0. The first-order chi connectivity index (χ1) is 5.61. The number of hydrogen-bond acceptors (Lipinski definition) is 3. The highest BCUT2D eigenvalue weighted by molar-refractivity contribution is 5.82. The monoisotopic (exact) mass is 172 g/mol. The van der Waals surface area contributed by atoms with Crippen molar-refractivity contribution in [1.29, 1.82) is 0 Å². The number of carbonyl (C=O) groups excluding carboxylic acids is 1. The fourth-order valence-electron chi connectivity index (χ4n) is 1.40. The molecular weight excluding hydrogens is 156 g/mol. The van der Waals surface area contributed by atoms with E-state index in [0.717, 1.165) is 6.42 Å². The predicted molar refractivity (Wildman–Crippen MR) is 45.7 cm³/mol. The highest BCUT2D eigenvalue weighted by Crippen LogP contribution is 2.05. The Morgan fingerprint density at radius 3 is 2.92 bits per heavy atom. The van der Waals surface area contributed by atoms with Gasteiger partial charge in [0.25, 0.3) is 0 Å². The summed E-state index contributed by atoms with van der Waals surface area (Å²) in [5.74, 6) is -0.264. The van der Waals surface area contributed by atoms with Crippen LogP contribution in [-0.2, 0) is 4.79 Å². The Kier molecular flexibility index (Phi) is 3.05. The summed E-state index contributed by atoms with van der Waals surface area (Å²) in [4.78, 5) is 11.0. The molecule has 0 radical (unpaired) electrons. The molecule has 0 aromatic rings. The van der Waals surface area contributed by atoms with Gasteiger partial charge in [-0.1, -0.05) is 13.8 Å². The Bertz CT molecular complexity index is 170. The van der Waals surface area contributed by atoms with E-state index in [1.54, 1.807) is 0 Å². The zero-order chi connectivity index (χ0) is 9.14. The number of aliphatic hydroxyl groups is 1. The van der Waals surface area contributed by atoms with E-state index < -0.39 is 6.10 Å². The molecule has 4 nitrogen and oxygen atoms in total. The van der Waals surface area contributed by atoms with Gasteiger partial charge in [-0.15, -0.1) is 0 Å². The van der Waals surface area contributed by atoms with Crippen LogP contribution < -0.4 is 10.6 Å². The molecule has 1 rings (SSSR count). The molecule has 3 N–H and O–H groups in total. The molecule has 1 fully saturated rings. The number of rotatable bonds is 2. The van der Waals surface area contributed by atoms with E-state index in [4.69, 9.17) is 0 Å². The van der Waals surface area contributed by atoms with Gasteiger partial charge in [0.15, 0.2) is 0 Å². The second-order valence-electron chi connectivity index (χ2n) is 3.45. The summed E-state index contributed by atoms with van der Waals surface area (Å²) < 4.78 is 0. The Morgan fingerprint density at radius 2 is 2.33 bits per heavy atom. The van der Waals surface area contributed by atoms with Crippen LogP contribution in [0, 0.1) is 0 Å². The lowest BCUT2D eigenvalue weighted by atomic mass is 10.0. The maximum Gasteiger partial charge on any atom is 0.250 e. The lowest BCUT2D eigenvalue weighted by Gasteiger charge is -2.29. The van der Waals surface area contributed by atoms with E-state index in [1.165, 1.54) is 0 Å². The number of piperidine rings is 1. The van der Waals surface area contributed by atoms with Crippen molar-refractivity contribution >= 4 is 5.91 Å². The zero-order valence-electron chi connectivity index (χ0n) is 7.50. The first-order valence-electron chi connectivity index (χ1n) is 4.33. The molecule has 4 heteroatoms. The van der Waals surface area contributed by atoms with Gasteiger partial charge >= 0.3 is 0 Å². The largest absolute Gasteiger partial charge is 0.382 e. The van der Waals surface area contributed by atoms with E-state index in [-0.39, 0.29) is 11.9 Å². The van der Waals surface area contributed by atoms with Crippen LogP contribution in [0.1, 0.15) is 20.3 Å². The normalized spacial score (nSPS) is 30.5. The van der Waals surface area contributed by atoms with Crippen LogP contribution in [0.5, 0.6) is 0 Å². The molecular formula is C8H16N2O2. The molecule has 0 spiro atoms. The van der Waals surface area contributed by atoms with Crippen LogP contribution in [0.3, 0.4) is 0 Å². The van der Waals surface area contributed by atoms with Gasteiger partial charge in [0.05, 0.1) is 0 Å². The Balaban J connectivity index is 2.46. The summed E-state index contributed by atoms with van der Waals surface area (Å²) in [6.07, 6.45) is -0.0911. The number of amides is 1. The molecule has 1 saturated heterocycles. The van der Waals surface area contributed by atoms with Crippen LogP contribution >= 0.6 is 0 Å². The third kappa shape index (κ3) is 2.19. The molecule has 2 unspecified atom stereocenters. The number of aliphatic hydroxyl groups excluding tert-OH is 1. The second kappa shape index (κ2) is 3.87. The quantitative estimate of drug-likeness (QED) is 0.513. The molecule has 1 aliphatic rings. The highest BCUT2D eigenvalue weighted by Gasteiger charge is 2.29. The Morgan fingerprint density at radius 1 is 1.67 bits per heavy atom. The molecule has 70 valence electrons. The van der Waals surface area contributed by atoms with Crippen molar-refractivity contribution in [2.45, 2.75) is 38.5 Å². The van der Waals surface area contributed by atoms with E-state index >= 15 is 0 Å².